The molecule has 7 nitrogen and oxygen atoms in total. The molecule has 0 saturated heterocycles. The quantitative estimate of drug-likeness (QED) is 0.183. The maximum Gasteiger partial charge on any atom is 0.253 e. The van der Waals surface area contributed by atoms with E-state index in [9.17, 15) is 9.59 Å². The number of ether oxygens (including phenoxy) is 1. The van der Waals surface area contributed by atoms with Gasteiger partial charge in [-0.3, -0.25) is 14.3 Å². The largest absolute Gasteiger partial charge is 0.494 e. The van der Waals surface area contributed by atoms with Gasteiger partial charge < -0.3 is 15.0 Å². The number of benzene rings is 2. The van der Waals surface area contributed by atoms with Crippen molar-refractivity contribution >= 4 is 32.7 Å². The molecule has 2 aromatic carbocycles. The van der Waals surface area contributed by atoms with Crippen LogP contribution in [0.15, 0.2) is 53.5 Å². The summed E-state index contributed by atoms with van der Waals surface area (Å²) < 4.78 is 8.01. The van der Waals surface area contributed by atoms with Gasteiger partial charge in [0.1, 0.15) is 5.75 Å². The number of fused-ring (bicyclic) bond motifs is 1. The van der Waals surface area contributed by atoms with Crippen LogP contribution >= 0.6 is 15.9 Å². The number of carbonyl (C=O) groups is 1. The fraction of sp³-hybridized carbons (Fsp3) is 0.367. The van der Waals surface area contributed by atoms with Crippen LogP contribution in [0, 0.1) is 13.8 Å². The lowest BCUT2D eigenvalue weighted by atomic mass is 9.99. The molecule has 0 bridgehead atoms. The van der Waals surface area contributed by atoms with Gasteiger partial charge in [-0.25, -0.2) is 0 Å². The van der Waals surface area contributed by atoms with Gasteiger partial charge in [-0.05, 0) is 80.1 Å². The maximum atomic E-state index is 13.6. The van der Waals surface area contributed by atoms with E-state index in [1.54, 1.807) is 6.20 Å². The number of amides is 1. The molecule has 0 radical (unpaired) electrons. The third-order valence-corrected chi connectivity index (χ3v) is 7.83. The minimum Gasteiger partial charge on any atom is -0.494 e. The zero-order chi connectivity index (χ0) is 26.6. The Balaban J connectivity index is 1.52. The summed E-state index contributed by atoms with van der Waals surface area (Å²) in [5.74, 6) is 0.569. The molecule has 1 fully saturated rings. The smallest absolute Gasteiger partial charge is 0.253 e. The number of aromatic nitrogens is 3. The van der Waals surface area contributed by atoms with Crippen molar-refractivity contribution in [3.63, 3.8) is 0 Å². The van der Waals surface area contributed by atoms with E-state index in [-0.39, 0.29) is 18.0 Å². The highest BCUT2D eigenvalue weighted by Crippen LogP contribution is 2.35. The van der Waals surface area contributed by atoms with Crippen LogP contribution in [-0.4, -0.2) is 32.6 Å². The normalized spacial score (nSPS) is 13.8. The van der Waals surface area contributed by atoms with Gasteiger partial charge in [0.05, 0.1) is 29.9 Å². The number of nitrogens with one attached hydrogen (secondary N) is 2. The van der Waals surface area contributed by atoms with Crippen LogP contribution in [0.3, 0.4) is 0 Å². The number of aromatic amines is 1. The Morgan fingerprint density at radius 2 is 1.97 bits per heavy atom. The van der Waals surface area contributed by atoms with Crippen molar-refractivity contribution in [3.8, 4) is 16.9 Å². The van der Waals surface area contributed by atoms with Crippen molar-refractivity contribution in [1.82, 2.24) is 20.1 Å². The van der Waals surface area contributed by atoms with Crippen LogP contribution in [0.1, 0.15) is 65.3 Å². The highest BCUT2D eigenvalue weighted by Gasteiger charge is 2.23. The Kier molecular flexibility index (Phi) is 7.98. The lowest BCUT2D eigenvalue weighted by Gasteiger charge is -2.15. The van der Waals surface area contributed by atoms with Crippen molar-refractivity contribution in [3.05, 3.63) is 81.4 Å². The average Bonchev–Trinajstić information content (AvgIpc) is 3.58. The topological polar surface area (TPSA) is 89.0 Å². The van der Waals surface area contributed by atoms with Gasteiger partial charge in [-0.15, -0.1) is 0 Å². The Bertz CT molecular complexity index is 1520. The molecule has 8 heteroatoms. The van der Waals surface area contributed by atoms with Gasteiger partial charge in [0, 0.05) is 28.5 Å². The standard InChI is InChI=1S/C30H33BrN4O3/c1-19-13-20(2)34-30(37)26(19)17-32-29(36)25-15-22(21-7-5-10-24(14-21)38-12-6-11-31)16-28-27(25)18-33-35(28)23-8-3-4-9-23/h5,7,10,13-16,18,23H,3-4,6,8-9,11-12,17H2,1-2H3,(H,32,36)(H,34,37). The molecule has 1 aliphatic carbocycles. The number of hydrogen-bond donors (Lipinski definition) is 2. The Hall–Kier alpha value is -3.39. The molecule has 198 valence electrons. The van der Waals surface area contributed by atoms with E-state index in [0.29, 0.717) is 23.8 Å². The lowest BCUT2D eigenvalue weighted by molar-refractivity contribution is 0.0952. The van der Waals surface area contributed by atoms with Gasteiger partial charge in [-0.1, -0.05) is 40.9 Å². The third kappa shape index (κ3) is 5.55. The number of pyridine rings is 1. The minimum absolute atomic E-state index is 0.152. The van der Waals surface area contributed by atoms with E-state index in [2.05, 4.69) is 37.0 Å². The van der Waals surface area contributed by atoms with Crippen molar-refractivity contribution in [2.45, 2.75) is 58.5 Å². The van der Waals surface area contributed by atoms with Crippen molar-refractivity contribution in [2.24, 2.45) is 0 Å². The number of H-pyrrole nitrogens is 1. The molecule has 0 unspecified atom stereocenters. The van der Waals surface area contributed by atoms with Crippen LogP contribution in [0.25, 0.3) is 22.0 Å². The highest BCUT2D eigenvalue weighted by molar-refractivity contribution is 9.09. The SMILES string of the molecule is Cc1cc(C)c(CNC(=O)c2cc(-c3cccc(OCCCBr)c3)cc3c2cnn3C2CCCC2)c(=O)[nH]1. The number of alkyl halides is 1. The summed E-state index contributed by atoms with van der Waals surface area (Å²) in [5, 5.41) is 9.42. The summed E-state index contributed by atoms with van der Waals surface area (Å²) in [5.41, 5.74) is 5.45. The molecule has 5 rings (SSSR count). The monoisotopic (exact) mass is 576 g/mol. The van der Waals surface area contributed by atoms with Gasteiger partial charge in [0.15, 0.2) is 0 Å². The molecular formula is C30H33BrN4O3. The maximum absolute atomic E-state index is 13.6. The summed E-state index contributed by atoms with van der Waals surface area (Å²) in [4.78, 5) is 28.9. The minimum atomic E-state index is -0.230. The zero-order valence-electron chi connectivity index (χ0n) is 21.9. The fourth-order valence-electron chi connectivity index (χ4n) is 5.31. The first-order chi connectivity index (χ1) is 18.4. The second kappa shape index (κ2) is 11.6. The van der Waals surface area contributed by atoms with Crippen molar-refractivity contribution < 1.29 is 9.53 Å². The predicted octanol–water partition coefficient (Wildman–Crippen LogP) is 6.22. The van der Waals surface area contributed by atoms with Crippen LogP contribution in [0.5, 0.6) is 5.75 Å². The summed E-state index contributed by atoms with van der Waals surface area (Å²) >= 11 is 3.44. The lowest BCUT2D eigenvalue weighted by Crippen LogP contribution is -2.28. The molecule has 0 spiro atoms. The Morgan fingerprint density at radius 1 is 1.16 bits per heavy atom. The number of carbonyl (C=O) groups excluding carboxylic acids is 1. The van der Waals surface area contributed by atoms with Gasteiger partial charge in [-0.2, -0.15) is 5.10 Å². The molecule has 0 aliphatic heterocycles. The summed E-state index contributed by atoms with van der Waals surface area (Å²) in [6.45, 7) is 4.52. The third-order valence-electron chi connectivity index (χ3n) is 7.27. The first-order valence-corrected chi connectivity index (χ1v) is 14.3. The summed E-state index contributed by atoms with van der Waals surface area (Å²) in [6, 6.07) is 14.3. The Morgan fingerprint density at radius 3 is 2.74 bits per heavy atom. The fourth-order valence-corrected chi connectivity index (χ4v) is 5.54. The van der Waals surface area contributed by atoms with E-state index in [1.165, 1.54) is 12.8 Å². The molecule has 1 aliphatic rings. The van der Waals surface area contributed by atoms with Crippen molar-refractivity contribution in [2.75, 3.05) is 11.9 Å². The number of aryl methyl sites for hydroxylation is 2. The summed E-state index contributed by atoms with van der Waals surface area (Å²) in [7, 11) is 0. The average molecular weight is 578 g/mol. The Labute approximate surface area is 230 Å². The molecule has 38 heavy (non-hydrogen) atoms. The van der Waals surface area contributed by atoms with E-state index in [0.717, 1.165) is 63.6 Å². The van der Waals surface area contributed by atoms with E-state index in [1.807, 2.05) is 50.2 Å². The number of halogens is 1. The first-order valence-electron chi connectivity index (χ1n) is 13.2. The molecular weight excluding hydrogens is 544 g/mol. The molecule has 2 aromatic heterocycles. The zero-order valence-corrected chi connectivity index (χ0v) is 23.4. The number of hydrogen-bond acceptors (Lipinski definition) is 4. The van der Waals surface area contributed by atoms with Crippen LogP contribution in [-0.2, 0) is 6.54 Å². The summed E-state index contributed by atoms with van der Waals surface area (Å²) in [6.07, 6.45) is 7.29. The molecule has 1 saturated carbocycles. The molecule has 0 atom stereocenters. The van der Waals surface area contributed by atoms with Gasteiger partial charge in [0.25, 0.3) is 11.5 Å². The predicted molar refractivity (Wildman–Crippen MR) is 154 cm³/mol. The number of rotatable bonds is 9. The van der Waals surface area contributed by atoms with E-state index < -0.39 is 0 Å². The van der Waals surface area contributed by atoms with Crippen molar-refractivity contribution in [1.29, 1.82) is 0 Å². The highest BCUT2D eigenvalue weighted by atomic mass is 79.9. The van der Waals surface area contributed by atoms with E-state index >= 15 is 0 Å². The molecule has 1 amide bonds. The number of nitrogens with zero attached hydrogens (tertiary/aromatic N) is 2. The first kappa shape index (κ1) is 26.2. The second-order valence-electron chi connectivity index (χ2n) is 10.0. The second-order valence-corrected chi connectivity index (χ2v) is 10.8. The molecule has 2 heterocycles. The van der Waals surface area contributed by atoms with Gasteiger partial charge in [0.2, 0.25) is 0 Å². The van der Waals surface area contributed by atoms with E-state index in [4.69, 9.17) is 9.84 Å². The molecule has 4 aromatic rings. The van der Waals surface area contributed by atoms with Crippen LogP contribution in [0.2, 0.25) is 0 Å². The molecule has 2 N–H and O–H groups in total. The van der Waals surface area contributed by atoms with Crippen LogP contribution in [0.4, 0.5) is 0 Å². The van der Waals surface area contributed by atoms with Crippen LogP contribution < -0.4 is 15.6 Å². The van der Waals surface area contributed by atoms with Gasteiger partial charge >= 0.3 is 0 Å².